The Morgan fingerprint density at radius 3 is 2.68 bits per heavy atom. The number of benzene rings is 1. The second-order valence-electron chi connectivity index (χ2n) is 5.85. The van der Waals surface area contributed by atoms with Gasteiger partial charge < -0.3 is 9.47 Å². The lowest BCUT2D eigenvalue weighted by atomic mass is 10.1. The Hall–Kier alpha value is -1.95. The van der Waals surface area contributed by atoms with E-state index in [9.17, 15) is 4.79 Å². The smallest absolute Gasteiger partial charge is 0.306 e. The first-order valence-electron chi connectivity index (χ1n) is 8.62. The molecule has 0 unspecified atom stereocenters. The van der Waals surface area contributed by atoms with Crippen LogP contribution in [0.4, 0.5) is 0 Å². The molecule has 0 saturated carbocycles. The fraction of sp³-hybridized carbons (Fsp3) is 0.474. The third-order valence-corrected chi connectivity index (χ3v) is 5.13. The minimum Gasteiger partial charge on any atom is -0.497 e. The van der Waals surface area contributed by atoms with Gasteiger partial charge in [-0.3, -0.25) is 9.89 Å². The highest BCUT2D eigenvalue weighted by atomic mass is 32.2. The second kappa shape index (κ2) is 10.1. The number of H-pyrrole nitrogens is 1. The van der Waals surface area contributed by atoms with Gasteiger partial charge in [-0.05, 0) is 29.7 Å². The summed E-state index contributed by atoms with van der Waals surface area (Å²) in [7, 11) is 1.65. The lowest BCUT2D eigenvalue weighted by molar-refractivity contribution is -0.144. The third-order valence-electron chi connectivity index (χ3n) is 4.16. The van der Waals surface area contributed by atoms with Crippen LogP contribution < -0.4 is 4.74 Å². The highest BCUT2D eigenvalue weighted by Gasteiger charge is 2.10. The molecular weight excluding hydrogens is 336 g/mol. The third kappa shape index (κ3) is 6.12. The average molecular weight is 362 g/mol. The van der Waals surface area contributed by atoms with Crippen molar-refractivity contribution in [3.8, 4) is 16.9 Å². The van der Waals surface area contributed by atoms with Crippen LogP contribution in [0.15, 0.2) is 35.5 Å². The van der Waals surface area contributed by atoms with Crippen molar-refractivity contribution in [2.75, 3.05) is 19.5 Å². The van der Waals surface area contributed by atoms with Crippen LogP contribution in [0.3, 0.4) is 0 Å². The first-order chi connectivity index (χ1) is 12.2. The molecule has 2 aromatic rings. The van der Waals surface area contributed by atoms with Gasteiger partial charge in [0, 0.05) is 22.4 Å². The molecule has 1 aromatic heterocycles. The summed E-state index contributed by atoms with van der Waals surface area (Å²) in [6, 6.07) is 6.02. The van der Waals surface area contributed by atoms with Crippen molar-refractivity contribution in [2.24, 2.45) is 5.92 Å². The average Bonchev–Trinajstić information content (AvgIpc) is 3.17. The zero-order valence-electron chi connectivity index (χ0n) is 15.1. The van der Waals surface area contributed by atoms with Crippen LogP contribution in [0.25, 0.3) is 11.1 Å². The Balaban J connectivity index is 1.88. The Kier molecular flexibility index (Phi) is 7.85. The van der Waals surface area contributed by atoms with Crippen LogP contribution >= 0.6 is 11.8 Å². The lowest BCUT2D eigenvalue weighted by Gasteiger charge is -2.12. The number of thioether (sulfide) groups is 1. The van der Waals surface area contributed by atoms with Gasteiger partial charge in [0.25, 0.3) is 0 Å². The van der Waals surface area contributed by atoms with Crippen LogP contribution in [0.1, 0.15) is 33.1 Å². The minimum atomic E-state index is -0.127. The first kappa shape index (κ1) is 19.4. The summed E-state index contributed by atoms with van der Waals surface area (Å²) in [5, 5.41) is 6.80. The number of hydrogen-bond donors (Lipinski definition) is 1. The van der Waals surface area contributed by atoms with Crippen molar-refractivity contribution in [3.63, 3.8) is 0 Å². The number of nitrogens with zero attached hydrogens (tertiary/aromatic N) is 1. The van der Waals surface area contributed by atoms with Gasteiger partial charge in [0.1, 0.15) is 5.75 Å². The van der Waals surface area contributed by atoms with Crippen molar-refractivity contribution in [1.82, 2.24) is 10.2 Å². The summed E-state index contributed by atoms with van der Waals surface area (Å²) in [6.45, 7) is 4.77. The van der Waals surface area contributed by atoms with Crippen LogP contribution in [-0.4, -0.2) is 35.6 Å². The van der Waals surface area contributed by atoms with E-state index in [2.05, 4.69) is 30.1 Å². The van der Waals surface area contributed by atoms with Gasteiger partial charge in [-0.15, -0.1) is 11.8 Å². The molecule has 0 spiro atoms. The largest absolute Gasteiger partial charge is 0.497 e. The molecule has 1 N–H and O–H groups in total. The highest BCUT2D eigenvalue weighted by molar-refractivity contribution is 7.99. The summed E-state index contributed by atoms with van der Waals surface area (Å²) in [6.07, 6.45) is 6.11. The number of methoxy groups -OCH3 is 1. The van der Waals surface area contributed by atoms with E-state index < -0.39 is 0 Å². The van der Waals surface area contributed by atoms with Crippen molar-refractivity contribution in [3.05, 3.63) is 30.6 Å². The summed E-state index contributed by atoms with van der Waals surface area (Å²) in [5.41, 5.74) is 2.04. The van der Waals surface area contributed by atoms with Gasteiger partial charge in [-0.1, -0.05) is 26.7 Å². The Labute approximate surface area is 153 Å². The van der Waals surface area contributed by atoms with Gasteiger partial charge in [-0.25, -0.2) is 0 Å². The van der Waals surface area contributed by atoms with Gasteiger partial charge in [0.15, 0.2) is 0 Å². The predicted octanol–water partition coefficient (Wildman–Crippen LogP) is 4.55. The highest BCUT2D eigenvalue weighted by Crippen LogP contribution is 2.30. The molecule has 0 radical (unpaired) electrons. The molecule has 0 aliphatic rings. The fourth-order valence-corrected chi connectivity index (χ4v) is 3.32. The first-order valence-corrected chi connectivity index (χ1v) is 9.61. The summed E-state index contributed by atoms with van der Waals surface area (Å²) < 4.78 is 10.7. The predicted molar refractivity (Wildman–Crippen MR) is 101 cm³/mol. The molecule has 5 nitrogen and oxygen atoms in total. The number of hydrogen-bond acceptors (Lipinski definition) is 5. The zero-order chi connectivity index (χ0) is 18.1. The Morgan fingerprint density at radius 1 is 1.24 bits per heavy atom. The number of aromatic amines is 1. The molecule has 0 aliphatic heterocycles. The molecule has 0 bridgehead atoms. The van der Waals surface area contributed by atoms with Crippen molar-refractivity contribution in [2.45, 2.75) is 38.0 Å². The Morgan fingerprint density at radius 2 is 2.04 bits per heavy atom. The van der Waals surface area contributed by atoms with Crippen molar-refractivity contribution < 1.29 is 14.3 Å². The quantitative estimate of drug-likeness (QED) is 0.496. The molecule has 1 aromatic carbocycles. The van der Waals surface area contributed by atoms with Crippen LogP contribution in [0.5, 0.6) is 5.75 Å². The fourth-order valence-electron chi connectivity index (χ4n) is 2.41. The normalized spacial score (nSPS) is 10.9. The summed E-state index contributed by atoms with van der Waals surface area (Å²) >= 11 is 1.62. The number of ether oxygens (including phenoxy) is 2. The molecule has 0 atom stereocenters. The zero-order valence-corrected chi connectivity index (χ0v) is 15.9. The van der Waals surface area contributed by atoms with E-state index in [1.165, 1.54) is 0 Å². The molecule has 6 heteroatoms. The van der Waals surface area contributed by atoms with Crippen molar-refractivity contribution in [1.29, 1.82) is 0 Å². The van der Waals surface area contributed by atoms with Gasteiger partial charge >= 0.3 is 5.97 Å². The number of carbonyl (C=O) groups excluding carboxylic acids is 1. The maximum absolute atomic E-state index is 11.9. The second-order valence-corrected chi connectivity index (χ2v) is 7.02. The summed E-state index contributed by atoms with van der Waals surface area (Å²) in [5.74, 6) is 1.81. The maximum Gasteiger partial charge on any atom is 0.306 e. The van der Waals surface area contributed by atoms with E-state index >= 15 is 0 Å². The maximum atomic E-state index is 11.9. The molecule has 1 heterocycles. The number of carbonyl (C=O) groups is 1. The topological polar surface area (TPSA) is 64.2 Å². The molecule has 2 rings (SSSR count). The van der Waals surface area contributed by atoms with Crippen LogP contribution in [-0.2, 0) is 9.53 Å². The molecule has 0 saturated heterocycles. The van der Waals surface area contributed by atoms with Gasteiger partial charge in [0.2, 0.25) is 0 Å². The monoisotopic (exact) mass is 362 g/mol. The number of aromatic nitrogens is 2. The van der Waals surface area contributed by atoms with E-state index in [0.29, 0.717) is 24.7 Å². The molecule has 0 fully saturated rings. The van der Waals surface area contributed by atoms with E-state index in [1.807, 2.05) is 18.3 Å². The van der Waals surface area contributed by atoms with E-state index in [-0.39, 0.29) is 5.97 Å². The van der Waals surface area contributed by atoms with E-state index in [0.717, 1.165) is 34.6 Å². The number of nitrogens with one attached hydrogen (secondary N) is 1. The van der Waals surface area contributed by atoms with Crippen LogP contribution in [0.2, 0.25) is 0 Å². The summed E-state index contributed by atoms with van der Waals surface area (Å²) in [4.78, 5) is 12.9. The van der Waals surface area contributed by atoms with Crippen LogP contribution in [0, 0.1) is 5.92 Å². The minimum absolute atomic E-state index is 0.127. The number of rotatable bonds is 10. The molecule has 0 aliphatic carbocycles. The standard InChI is InChI=1S/C19H26N2O3S/c1-4-14(5-2)13-24-19(22)6-7-25-18-9-15(8-17(10-18)23-3)16-11-20-21-12-16/h8-12,14H,4-7,13H2,1-3H3,(H,20,21). The molecule has 0 amide bonds. The molecule has 25 heavy (non-hydrogen) atoms. The molecule has 136 valence electrons. The SMILES string of the molecule is CCC(CC)COC(=O)CCSc1cc(OC)cc(-c2cn[nH]c2)c1. The number of esters is 1. The van der Waals surface area contributed by atoms with Gasteiger partial charge in [-0.2, -0.15) is 5.10 Å². The van der Waals surface area contributed by atoms with Gasteiger partial charge in [0.05, 0.1) is 26.3 Å². The Bertz CT molecular complexity index is 655. The van der Waals surface area contributed by atoms with Crippen molar-refractivity contribution >= 4 is 17.7 Å². The van der Waals surface area contributed by atoms with E-state index in [1.54, 1.807) is 25.1 Å². The lowest BCUT2D eigenvalue weighted by Crippen LogP contribution is -2.13. The van der Waals surface area contributed by atoms with E-state index in [4.69, 9.17) is 9.47 Å². The molecular formula is C19H26N2O3S.